The summed E-state index contributed by atoms with van der Waals surface area (Å²) in [4.78, 5) is 22.3. The fourth-order valence-electron chi connectivity index (χ4n) is 1.31. The van der Waals surface area contributed by atoms with Crippen LogP contribution in [0.1, 0.15) is 43.5 Å². The Kier molecular flexibility index (Phi) is 4.28. The molecule has 0 atom stereocenters. The quantitative estimate of drug-likeness (QED) is 0.778. The zero-order chi connectivity index (χ0) is 12.1. The van der Waals surface area contributed by atoms with E-state index in [4.69, 9.17) is 4.42 Å². The van der Waals surface area contributed by atoms with Crippen molar-refractivity contribution >= 4 is 11.7 Å². The number of furan rings is 1. The first kappa shape index (κ1) is 12.5. The van der Waals surface area contributed by atoms with Crippen molar-refractivity contribution in [2.75, 3.05) is 0 Å². The van der Waals surface area contributed by atoms with Crippen LogP contribution in [0.4, 0.5) is 0 Å². The SMILES string of the molecule is CC(=O)NCc1ccc(C(=O)CC(C)C)o1. The van der Waals surface area contributed by atoms with Gasteiger partial charge in [-0.3, -0.25) is 9.59 Å². The van der Waals surface area contributed by atoms with Crippen LogP contribution in [0.5, 0.6) is 0 Å². The lowest BCUT2D eigenvalue weighted by atomic mass is 10.1. The van der Waals surface area contributed by atoms with E-state index >= 15 is 0 Å². The van der Waals surface area contributed by atoms with E-state index in [1.54, 1.807) is 12.1 Å². The topological polar surface area (TPSA) is 59.3 Å². The van der Waals surface area contributed by atoms with Crippen molar-refractivity contribution in [1.82, 2.24) is 5.32 Å². The molecule has 1 heterocycles. The lowest BCUT2D eigenvalue weighted by Crippen LogP contribution is -2.18. The maximum absolute atomic E-state index is 11.6. The number of hydrogen-bond donors (Lipinski definition) is 1. The molecule has 0 aliphatic heterocycles. The third-order valence-corrected chi connectivity index (χ3v) is 2.04. The zero-order valence-electron chi connectivity index (χ0n) is 9.87. The Morgan fingerprint density at radius 2 is 2.06 bits per heavy atom. The van der Waals surface area contributed by atoms with Gasteiger partial charge in [-0.1, -0.05) is 13.8 Å². The number of carbonyl (C=O) groups is 2. The van der Waals surface area contributed by atoms with Crippen LogP contribution in [-0.4, -0.2) is 11.7 Å². The summed E-state index contributed by atoms with van der Waals surface area (Å²) in [7, 11) is 0. The van der Waals surface area contributed by atoms with E-state index < -0.39 is 0 Å². The lowest BCUT2D eigenvalue weighted by Gasteiger charge is -2.01. The van der Waals surface area contributed by atoms with Gasteiger partial charge in [0.15, 0.2) is 11.5 Å². The first-order valence-corrected chi connectivity index (χ1v) is 5.35. The largest absolute Gasteiger partial charge is 0.456 e. The van der Waals surface area contributed by atoms with Crippen LogP contribution in [0.25, 0.3) is 0 Å². The van der Waals surface area contributed by atoms with Gasteiger partial charge in [-0.2, -0.15) is 0 Å². The van der Waals surface area contributed by atoms with Gasteiger partial charge in [0.2, 0.25) is 5.91 Å². The van der Waals surface area contributed by atoms with E-state index in [0.29, 0.717) is 30.4 Å². The van der Waals surface area contributed by atoms with Crippen molar-refractivity contribution in [3.63, 3.8) is 0 Å². The van der Waals surface area contributed by atoms with Crippen LogP contribution < -0.4 is 5.32 Å². The first-order valence-electron chi connectivity index (χ1n) is 5.35. The Bertz CT molecular complexity index is 379. The first-order chi connectivity index (χ1) is 7.49. The summed E-state index contributed by atoms with van der Waals surface area (Å²) in [6, 6.07) is 3.37. The molecule has 1 aromatic rings. The molecular formula is C12H17NO3. The summed E-state index contributed by atoms with van der Waals surface area (Å²) in [5, 5.41) is 2.61. The van der Waals surface area contributed by atoms with E-state index in [1.807, 2.05) is 13.8 Å². The average Bonchev–Trinajstić information content (AvgIpc) is 2.61. The number of hydrogen-bond acceptors (Lipinski definition) is 3. The molecule has 0 saturated heterocycles. The van der Waals surface area contributed by atoms with Crippen molar-refractivity contribution < 1.29 is 14.0 Å². The summed E-state index contributed by atoms with van der Waals surface area (Å²) >= 11 is 0. The molecule has 0 unspecified atom stereocenters. The summed E-state index contributed by atoms with van der Waals surface area (Å²) in [5.74, 6) is 1.17. The number of rotatable bonds is 5. The maximum Gasteiger partial charge on any atom is 0.217 e. The van der Waals surface area contributed by atoms with Gasteiger partial charge in [0.05, 0.1) is 6.54 Å². The molecule has 88 valence electrons. The monoisotopic (exact) mass is 223 g/mol. The lowest BCUT2D eigenvalue weighted by molar-refractivity contribution is -0.119. The highest BCUT2D eigenvalue weighted by Gasteiger charge is 2.12. The molecule has 0 aliphatic carbocycles. The molecule has 0 saturated carbocycles. The molecule has 1 N–H and O–H groups in total. The molecule has 4 nitrogen and oxygen atoms in total. The van der Waals surface area contributed by atoms with Gasteiger partial charge in [0.25, 0.3) is 0 Å². The van der Waals surface area contributed by atoms with Crippen molar-refractivity contribution in [2.45, 2.75) is 33.7 Å². The van der Waals surface area contributed by atoms with Crippen molar-refractivity contribution in [3.05, 3.63) is 23.7 Å². The minimum Gasteiger partial charge on any atom is -0.456 e. The third-order valence-electron chi connectivity index (χ3n) is 2.04. The molecule has 0 spiro atoms. The Hall–Kier alpha value is -1.58. The van der Waals surface area contributed by atoms with Crippen LogP contribution in [0.3, 0.4) is 0 Å². The maximum atomic E-state index is 11.6. The zero-order valence-corrected chi connectivity index (χ0v) is 9.87. The summed E-state index contributed by atoms with van der Waals surface area (Å²) in [6.07, 6.45) is 0.479. The predicted octanol–water partition coefficient (Wildman–Crippen LogP) is 2.14. The second kappa shape index (κ2) is 5.49. The van der Waals surface area contributed by atoms with Gasteiger partial charge in [0, 0.05) is 13.3 Å². The standard InChI is InChI=1S/C12H17NO3/c1-8(2)6-11(15)12-5-4-10(16-12)7-13-9(3)14/h4-5,8H,6-7H2,1-3H3,(H,13,14). The highest BCUT2D eigenvalue weighted by atomic mass is 16.3. The molecule has 4 heteroatoms. The van der Waals surface area contributed by atoms with E-state index in [-0.39, 0.29) is 11.7 Å². The number of nitrogens with one attached hydrogen (secondary N) is 1. The molecule has 16 heavy (non-hydrogen) atoms. The van der Waals surface area contributed by atoms with Crippen molar-refractivity contribution in [1.29, 1.82) is 0 Å². The van der Waals surface area contributed by atoms with Crippen molar-refractivity contribution in [3.8, 4) is 0 Å². The number of ketones is 1. The second-order valence-corrected chi connectivity index (χ2v) is 4.20. The summed E-state index contributed by atoms with van der Waals surface area (Å²) in [5.41, 5.74) is 0. The van der Waals surface area contributed by atoms with Gasteiger partial charge >= 0.3 is 0 Å². The van der Waals surface area contributed by atoms with Crippen LogP contribution >= 0.6 is 0 Å². The summed E-state index contributed by atoms with van der Waals surface area (Å²) < 4.78 is 5.33. The van der Waals surface area contributed by atoms with Crippen LogP contribution in [0.2, 0.25) is 0 Å². The number of carbonyl (C=O) groups excluding carboxylic acids is 2. The van der Waals surface area contributed by atoms with E-state index in [2.05, 4.69) is 5.32 Å². The Balaban J connectivity index is 2.57. The normalized spacial score (nSPS) is 10.5. The molecule has 0 radical (unpaired) electrons. The molecule has 0 aromatic carbocycles. The second-order valence-electron chi connectivity index (χ2n) is 4.20. The minimum absolute atomic E-state index is 0.00377. The van der Waals surface area contributed by atoms with Crippen molar-refractivity contribution in [2.24, 2.45) is 5.92 Å². The fraction of sp³-hybridized carbons (Fsp3) is 0.500. The molecular weight excluding hydrogens is 206 g/mol. The molecule has 1 aromatic heterocycles. The van der Waals surface area contributed by atoms with E-state index in [1.165, 1.54) is 6.92 Å². The van der Waals surface area contributed by atoms with Gasteiger partial charge in [0.1, 0.15) is 5.76 Å². The molecule has 1 rings (SSSR count). The molecule has 1 amide bonds. The summed E-state index contributed by atoms with van der Waals surface area (Å²) in [6.45, 7) is 5.73. The van der Waals surface area contributed by atoms with E-state index in [0.717, 1.165) is 0 Å². The Labute approximate surface area is 95.0 Å². The number of Topliss-reactive ketones (excluding diaryl/α,β-unsaturated/α-hetero) is 1. The fourth-order valence-corrected chi connectivity index (χ4v) is 1.31. The highest BCUT2D eigenvalue weighted by molar-refractivity contribution is 5.93. The molecule has 0 fully saturated rings. The highest BCUT2D eigenvalue weighted by Crippen LogP contribution is 2.13. The van der Waals surface area contributed by atoms with Crippen LogP contribution in [0.15, 0.2) is 16.5 Å². The van der Waals surface area contributed by atoms with Gasteiger partial charge in [-0.05, 0) is 18.1 Å². The Morgan fingerprint density at radius 3 is 2.62 bits per heavy atom. The minimum atomic E-state index is -0.119. The number of amides is 1. The van der Waals surface area contributed by atoms with Crippen LogP contribution in [-0.2, 0) is 11.3 Å². The van der Waals surface area contributed by atoms with Gasteiger partial charge < -0.3 is 9.73 Å². The van der Waals surface area contributed by atoms with E-state index in [9.17, 15) is 9.59 Å². The predicted molar refractivity (Wildman–Crippen MR) is 60.0 cm³/mol. The Morgan fingerprint density at radius 1 is 1.38 bits per heavy atom. The molecule has 0 bridgehead atoms. The molecule has 0 aliphatic rings. The van der Waals surface area contributed by atoms with Gasteiger partial charge in [-0.25, -0.2) is 0 Å². The third kappa shape index (κ3) is 3.88. The smallest absolute Gasteiger partial charge is 0.217 e. The average molecular weight is 223 g/mol. The van der Waals surface area contributed by atoms with Gasteiger partial charge in [-0.15, -0.1) is 0 Å². The van der Waals surface area contributed by atoms with Crippen LogP contribution in [0, 0.1) is 5.92 Å².